The van der Waals surface area contributed by atoms with Gasteiger partial charge < -0.3 is 10.2 Å². The van der Waals surface area contributed by atoms with Crippen molar-refractivity contribution in [2.45, 2.75) is 65.1 Å². The van der Waals surface area contributed by atoms with Gasteiger partial charge in [-0.2, -0.15) is 0 Å². The Morgan fingerprint density at radius 2 is 1.47 bits per heavy atom. The Balaban J connectivity index is 1.66. The Labute approximate surface area is 226 Å². The van der Waals surface area contributed by atoms with E-state index in [1.807, 2.05) is 94.4 Å². The average Bonchev–Trinajstić information content (AvgIpc) is 2.89. The number of fused-ring (bicyclic) bond motifs is 1. The first-order valence-electron chi connectivity index (χ1n) is 13.4. The van der Waals surface area contributed by atoms with E-state index >= 15 is 0 Å². The summed E-state index contributed by atoms with van der Waals surface area (Å²) >= 11 is 0. The number of carbonyl (C=O) groups is 2. The lowest BCUT2D eigenvalue weighted by Crippen LogP contribution is -2.54. The third kappa shape index (κ3) is 7.32. The van der Waals surface area contributed by atoms with Crippen molar-refractivity contribution >= 4 is 22.6 Å². The van der Waals surface area contributed by atoms with Crippen LogP contribution in [-0.2, 0) is 29.0 Å². The number of nitrogens with zero attached hydrogens (tertiary/aromatic N) is 1. The molecular weight excluding hydrogens is 468 g/mol. The van der Waals surface area contributed by atoms with Crippen LogP contribution in [0.1, 0.15) is 49.4 Å². The molecule has 0 aliphatic rings. The summed E-state index contributed by atoms with van der Waals surface area (Å²) in [6.07, 6.45) is 1.39. The monoisotopic (exact) mass is 506 g/mol. The number of rotatable bonds is 9. The molecule has 0 aliphatic heterocycles. The molecule has 0 radical (unpaired) electrons. The molecule has 0 bridgehead atoms. The summed E-state index contributed by atoms with van der Waals surface area (Å²) in [7, 11) is 0. The fraction of sp³-hybridized carbons (Fsp3) is 0.294. The molecule has 38 heavy (non-hydrogen) atoms. The summed E-state index contributed by atoms with van der Waals surface area (Å²) in [4.78, 5) is 29.5. The molecule has 4 aromatic carbocycles. The molecule has 1 N–H and O–H groups in total. The number of hydrogen-bond donors (Lipinski definition) is 1. The van der Waals surface area contributed by atoms with Gasteiger partial charge in [0.1, 0.15) is 6.04 Å². The molecule has 4 rings (SSSR count). The van der Waals surface area contributed by atoms with Gasteiger partial charge in [0.05, 0.1) is 0 Å². The molecule has 0 heterocycles. The lowest BCUT2D eigenvalue weighted by molar-refractivity contribution is -0.141. The van der Waals surface area contributed by atoms with Crippen molar-refractivity contribution < 1.29 is 9.59 Å². The Kier molecular flexibility index (Phi) is 8.62. The normalized spacial score (nSPS) is 12.2. The number of benzene rings is 4. The van der Waals surface area contributed by atoms with Crippen LogP contribution < -0.4 is 5.32 Å². The second-order valence-electron chi connectivity index (χ2n) is 11.1. The van der Waals surface area contributed by atoms with Gasteiger partial charge in [0.15, 0.2) is 0 Å². The fourth-order valence-electron chi connectivity index (χ4n) is 4.91. The number of aryl methyl sites for hydroxylation is 2. The van der Waals surface area contributed by atoms with E-state index in [0.29, 0.717) is 25.8 Å². The van der Waals surface area contributed by atoms with E-state index in [9.17, 15) is 9.59 Å². The fourth-order valence-corrected chi connectivity index (χ4v) is 4.91. The van der Waals surface area contributed by atoms with Gasteiger partial charge in [-0.1, -0.05) is 103 Å². The van der Waals surface area contributed by atoms with Crippen molar-refractivity contribution in [1.29, 1.82) is 0 Å². The topological polar surface area (TPSA) is 49.4 Å². The van der Waals surface area contributed by atoms with Gasteiger partial charge in [-0.15, -0.1) is 0 Å². The van der Waals surface area contributed by atoms with Crippen molar-refractivity contribution in [3.05, 3.63) is 119 Å². The van der Waals surface area contributed by atoms with Gasteiger partial charge in [-0.25, -0.2) is 0 Å². The Hall–Kier alpha value is -3.92. The summed E-state index contributed by atoms with van der Waals surface area (Å²) in [5.74, 6) is -0.156. The van der Waals surface area contributed by atoms with Crippen LogP contribution in [-0.4, -0.2) is 28.3 Å². The SMILES string of the molecule is Cc1cccc(CN(C(=O)CCc2cccc3ccccc23)[C@@H](Cc2ccccc2)C(=O)NC(C)(C)C)c1. The molecule has 0 unspecified atom stereocenters. The predicted molar refractivity (Wildman–Crippen MR) is 156 cm³/mol. The summed E-state index contributed by atoms with van der Waals surface area (Å²) in [5.41, 5.74) is 3.91. The smallest absolute Gasteiger partial charge is 0.243 e. The first-order valence-corrected chi connectivity index (χ1v) is 13.4. The first-order chi connectivity index (χ1) is 18.2. The number of amides is 2. The van der Waals surface area contributed by atoms with Crippen molar-refractivity contribution in [3.8, 4) is 0 Å². The number of hydrogen-bond acceptors (Lipinski definition) is 2. The zero-order valence-electron chi connectivity index (χ0n) is 22.9. The van der Waals surface area contributed by atoms with Crippen LogP contribution in [0.4, 0.5) is 0 Å². The average molecular weight is 507 g/mol. The molecule has 4 aromatic rings. The lowest BCUT2D eigenvalue weighted by atomic mass is 9.98. The van der Waals surface area contributed by atoms with Crippen molar-refractivity contribution in [2.24, 2.45) is 0 Å². The highest BCUT2D eigenvalue weighted by Gasteiger charge is 2.32. The quantitative estimate of drug-likeness (QED) is 0.277. The van der Waals surface area contributed by atoms with Gasteiger partial charge in [-0.05, 0) is 61.6 Å². The predicted octanol–water partition coefficient (Wildman–Crippen LogP) is 6.64. The van der Waals surface area contributed by atoms with Gasteiger partial charge in [-0.3, -0.25) is 9.59 Å². The third-order valence-electron chi connectivity index (χ3n) is 6.69. The van der Waals surface area contributed by atoms with Crippen LogP contribution in [0.5, 0.6) is 0 Å². The van der Waals surface area contributed by atoms with Gasteiger partial charge in [0.25, 0.3) is 0 Å². The maximum absolute atomic E-state index is 14.0. The number of nitrogens with one attached hydrogen (secondary N) is 1. The second kappa shape index (κ2) is 12.1. The van der Waals surface area contributed by atoms with Crippen LogP contribution in [0.15, 0.2) is 97.1 Å². The Bertz CT molecular complexity index is 1380. The maximum Gasteiger partial charge on any atom is 0.243 e. The van der Waals surface area contributed by atoms with Crippen molar-refractivity contribution in [2.75, 3.05) is 0 Å². The third-order valence-corrected chi connectivity index (χ3v) is 6.69. The highest BCUT2D eigenvalue weighted by atomic mass is 16.2. The lowest BCUT2D eigenvalue weighted by Gasteiger charge is -2.34. The molecule has 0 aromatic heterocycles. The van der Waals surface area contributed by atoms with E-state index in [1.165, 1.54) is 10.8 Å². The van der Waals surface area contributed by atoms with Crippen LogP contribution >= 0.6 is 0 Å². The molecule has 0 fully saturated rings. The summed E-state index contributed by atoms with van der Waals surface area (Å²) < 4.78 is 0. The van der Waals surface area contributed by atoms with Crippen LogP contribution in [0, 0.1) is 6.92 Å². The minimum Gasteiger partial charge on any atom is -0.350 e. The minimum absolute atomic E-state index is 0.0237. The molecule has 2 amide bonds. The van der Waals surface area contributed by atoms with E-state index < -0.39 is 11.6 Å². The number of carbonyl (C=O) groups excluding carboxylic acids is 2. The van der Waals surface area contributed by atoms with Gasteiger partial charge in [0, 0.05) is 24.9 Å². The van der Waals surface area contributed by atoms with E-state index in [1.54, 1.807) is 4.90 Å². The Morgan fingerprint density at radius 1 is 0.816 bits per heavy atom. The summed E-state index contributed by atoms with van der Waals surface area (Å²) in [5, 5.41) is 5.47. The highest BCUT2D eigenvalue weighted by Crippen LogP contribution is 2.22. The van der Waals surface area contributed by atoms with E-state index in [0.717, 1.165) is 22.3 Å². The molecule has 1 atom stereocenters. The largest absolute Gasteiger partial charge is 0.350 e. The Morgan fingerprint density at radius 3 is 2.21 bits per heavy atom. The molecule has 4 heteroatoms. The van der Waals surface area contributed by atoms with E-state index in [4.69, 9.17) is 0 Å². The molecule has 4 nitrogen and oxygen atoms in total. The van der Waals surface area contributed by atoms with Crippen molar-refractivity contribution in [3.63, 3.8) is 0 Å². The highest BCUT2D eigenvalue weighted by molar-refractivity contribution is 5.89. The molecular formula is C34H38N2O2. The van der Waals surface area contributed by atoms with Gasteiger partial charge >= 0.3 is 0 Å². The standard InChI is InChI=1S/C34H38N2O2/c1-25-12-10-15-27(22-25)24-36(31(33(38)35-34(2,3)4)23-26-13-6-5-7-14-26)32(37)21-20-29-18-11-17-28-16-8-9-19-30(28)29/h5-19,22,31H,20-21,23-24H2,1-4H3,(H,35,38)/t31-/m0/s1. The summed E-state index contributed by atoms with van der Waals surface area (Å²) in [6, 6.07) is 32.0. The summed E-state index contributed by atoms with van der Waals surface area (Å²) in [6.45, 7) is 8.34. The maximum atomic E-state index is 14.0. The van der Waals surface area contributed by atoms with E-state index in [2.05, 4.69) is 35.6 Å². The molecule has 0 saturated heterocycles. The first kappa shape index (κ1) is 27.1. The van der Waals surface area contributed by atoms with Crippen LogP contribution in [0.2, 0.25) is 0 Å². The van der Waals surface area contributed by atoms with Crippen molar-refractivity contribution in [1.82, 2.24) is 10.2 Å². The van der Waals surface area contributed by atoms with Crippen LogP contribution in [0.25, 0.3) is 10.8 Å². The van der Waals surface area contributed by atoms with Gasteiger partial charge in [0.2, 0.25) is 11.8 Å². The minimum atomic E-state index is -0.628. The zero-order chi connectivity index (χ0) is 27.1. The van der Waals surface area contributed by atoms with Crippen LogP contribution in [0.3, 0.4) is 0 Å². The molecule has 0 aliphatic carbocycles. The molecule has 196 valence electrons. The molecule has 0 spiro atoms. The second-order valence-corrected chi connectivity index (χ2v) is 11.1. The zero-order valence-corrected chi connectivity index (χ0v) is 22.9. The van der Waals surface area contributed by atoms with E-state index in [-0.39, 0.29) is 11.8 Å². The molecule has 0 saturated carbocycles.